The Balaban J connectivity index is 0.000000387. The van der Waals surface area contributed by atoms with Gasteiger partial charge in [-0.1, -0.05) is 20.8 Å². The summed E-state index contributed by atoms with van der Waals surface area (Å²) in [7, 11) is 0. The maximum Gasteiger partial charge on any atom is 0.171 e. The summed E-state index contributed by atoms with van der Waals surface area (Å²) < 4.78 is 0. The van der Waals surface area contributed by atoms with Crippen LogP contribution in [-0.4, -0.2) is 63.1 Å². The SMILES string of the molecule is CC(C)(C)CC(C)(C)NC(=S)Nc1ccc(O)cc1O.CC(C)(C)NC(=S)Nc1ccc(O)cc1O.CC(C)NC(=S)Nc1ccc(O)cc1O. The van der Waals surface area contributed by atoms with E-state index in [1.54, 1.807) is 18.2 Å². The van der Waals surface area contributed by atoms with Gasteiger partial charge in [-0.15, -0.1) is 0 Å². The second-order valence-corrected chi connectivity index (χ2v) is 16.1. The molecule has 0 bridgehead atoms. The van der Waals surface area contributed by atoms with Gasteiger partial charge in [0.2, 0.25) is 0 Å². The van der Waals surface area contributed by atoms with Gasteiger partial charge < -0.3 is 62.5 Å². The van der Waals surface area contributed by atoms with Crippen LogP contribution in [0.4, 0.5) is 17.1 Å². The van der Waals surface area contributed by atoms with Gasteiger partial charge in [-0.25, -0.2) is 0 Å². The minimum atomic E-state index is -0.158. The number of hydrogen-bond acceptors (Lipinski definition) is 9. The first-order chi connectivity index (χ1) is 23.2. The molecule has 3 rings (SSSR count). The van der Waals surface area contributed by atoms with Crippen LogP contribution >= 0.6 is 36.7 Å². The van der Waals surface area contributed by atoms with E-state index in [-0.39, 0.29) is 57.0 Å². The van der Waals surface area contributed by atoms with Crippen LogP contribution in [0, 0.1) is 5.41 Å². The highest BCUT2D eigenvalue weighted by atomic mass is 32.1. The fourth-order valence-corrected chi connectivity index (χ4v) is 5.77. The van der Waals surface area contributed by atoms with Crippen LogP contribution in [0.1, 0.15) is 75.7 Å². The average molecular weight is 763 g/mol. The van der Waals surface area contributed by atoms with Crippen LogP contribution in [0.2, 0.25) is 0 Å². The van der Waals surface area contributed by atoms with Crippen LogP contribution < -0.4 is 31.9 Å². The van der Waals surface area contributed by atoms with Crippen molar-refractivity contribution >= 4 is 69.1 Å². The third-order valence-electron chi connectivity index (χ3n) is 6.02. The molecule has 0 aliphatic rings. The van der Waals surface area contributed by atoms with Crippen molar-refractivity contribution in [2.45, 2.75) is 92.8 Å². The number of thiocarbonyl (C=S) groups is 3. The van der Waals surface area contributed by atoms with Gasteiger partial charge in [-0.2, -0.15) is 0 Å². The molecular formula is C36H54N6O6S3. The van der Waals surface area contributed by atoms with Gasteiger partial charge in [0.05, 0.1) is 17.1 Å². The monoisotopic (exact) mass is 762 g/mol. The number of hydrogen-bond donors (Lipinski definition) is 12. The predicted molar refractivity (Wildman–Crippen MR) is 220 cm³/mol. The van der Waals surface area contributed by atoms with Gasteiger partial charge in [0, 0.05) is 35.3 Å². The quantitative estimate of drug-likeness (QED) is 0.0668. The summed E-state index contributed by atoms with van der Waals surface area (Å²) in [4.78, 5) is 0. The molecule has 0 aromatic heterocycles. The van der Waals surface area contributed by atoms with Crippen LogP contribution in [0.25, 0.3) is 0 Å². The zero-order valence-electron chi connectivity index (χ0n) is 30.9. The van der Waals surface area contributed by atoms with Crippen molar-refractivity contribution in [2.75, 3.05) is 16.0 Å². The summed E-state index contributed by atoms with van der Waals surface area (Å²) >= 11 is 15.4. The summed E-state index contributed by atoms with van der Waals surface area (Å²) in [5, 5.41) is 75.4. The Labute approximate surface area is 317 Å². The van der Waals surface area contributed by atoms with E-state index in [0.29, 0.717) is 32.4 Å². The molecule has 0 heterocycles. The van der Waals surface area contributed by atoms with Crippen LogP contribution in [0.3, 0.4) is 0 Å². The summed E-state index contributed by atoms with van der Waals surface area (Å²) in [5.41, 5.74) is 1.27. The first-order valence-corrected chi connectivity index (χ1v) is 17.3. The van der Waals surface area contributed by atoms with Crippen molar-refractivity contribution < 1.29 is 30.6 Å². The molecule has 0 aliphatic carbocycles. The minimum absolute atomic E-state index is 0.0118. The molecule has 0 radical (unpaired) electrons. The molecule has 3 aromatic carbocycles. The molecule has 0 unspecified atom stereocenters. The maximum atomic E-state index is 9.72. The molecule has 12 N–H and O–H groups in total. The van der Waals surface area contributed by atoms with E-state index in [4.69, 9.17) is 46.9 Å². The molecule has 0 spiro atoms. The lowest BCUT2D eigenvalue weighted by molar-refractivity contribution is 0.268. The van der Waals surface area contributed by atoms with E-state index in [1.807, 2.05) is 34.6 Å². The third kappa shape index (κ3) is 19.5. The Morgan fingerprint density at radius 3 is 1.18 bits per heavy atom. The van der Waals surface area contributed by atoms with Gasteiger partial charge >= 0.3 is 0 Å². The van der Waals surface area contributed by atoms with Gasteiger partial charge in [0.15, 0.2) is 15.3 Å². The van der Waals surface area contributed by atoms with E-state index in [0.717, 1.165) is 6.42 Å². The van der Waals surface area contributed by atoms with E-state index in [1.165, 1.54) is 36.4 Å². The maximum absolute atomic E-state index is 9.72. The Bertz CT molecular complexity index is 1640. The number of anilines is 3. The van der Waals surface area contributed by atoms with Crippen molar-refractivity contribution in [3.8, 4) is 34.5 Å². The predicted octanol–water partition coefficient (Wildman–Crippen LogP) is 7.57. The molecule has 0 fully saturated rings. The van der Waals surface area contributed by atoms with Crippen molar-refractivity contribution in [2.24, 2.45) is 5.41 Å². The summed E-state index contributed by atoms with van der Waals surface area (Å²) in [6, 6.07) is 13.1. The lowest BCUT2D eigenvalue weighted by atomic mass is 9.82. The number of rotatable bonds is 6. The fourth-order valence-electron chi connectivity index (χ4n) is 4.62. The molecule has 0 atom stereocenters. The number of benzene rings is 3. The molecule has 0 saturated heterocycles. The number of aromatic hydroxyl groups is 6. The van der Waals surface area contributed by atoms with E-state index < -0.39 is 0 Å². The van der Waals surface area contributed by atoms with Crippen molar-refractivity contribution in [1.29, 1.82) is 0 Å². The van der Waals surface area contributed by atoms with E-state index in [2.05, 4.69) is 66.5 Å². The second-order valence-electron chi connectivity index (χ2n) is 14.9. The smallest absolute Gasteiger partial charge is 0.171 e. The third-order valence-corrected chi connectivity index (χ3v) is 6.65. The highest BCUT2D eigenvalue weighted by Gasteiger charge is 2.26. The summed E-state index contributed by atoms with van der Waals surface area (Å²) in [5.74, 6) is -0.0812. The normalized spacial score (nSPS) is 11.1. The summed E-state index contributed by atoms with van der Waals surface area (Å²) in [6.07, 6.45) is 0.948. The average Bonchev–Trinajstić information content (AvgIpc) is 2.91. The molecule has 0 amide bonds. The Morgan fingerprint density at radius 2 is 0.882 bits per heavy atom. The Morgan fingerprint density at radius 1 is 0.549 bits per heavy atom. The molecule has 15 heteroatoms. The zero-order chi connectivity index (χ0) is 39.3. The second kappa shape index (κ2) is 19.2. The Hall–Kier alpha value is -4.47. The van der Waals surface area contributed by atoms with Crippen molar-refractivity contribution in [3.63, 3.8) is 0 Å². The minimum Gasteiger partial charge on any atom is -0.508 e. The highest BCUT2D eigenvalue weighted by Crippen LogP contribution is 2.30. The van der Waals surface area contributed by atoms with Gasteiger partial charge in [-0.3, -0.25) is 0 Å². The molecule has 0 saturated carbocycles. The van der Waals surface area contributed by atoms with E-state index >= 15 is 0 Å². The summed E-state index contributed by atoms with van der Waals surface area (Å²) in [6.45, 7) is 20.6. The van der Waals surface area contributed by atoms with Crippen molar-refractivity contribution in [3.05, 3.63) is 54.6 Å². The van der Waals surface area contributed by atoms with Gasteiger partial charge in [0.25, 0.3) is 0 Å². The number of phenolic OH excluding ortho intramolecular Hbond substituents is 6. The highest BCUT2D eigenvalue weighted by molar-refractivity contribution is 7.80. The van der Waals surface area contributed by atoms with Crippen LogP contribution in [0.15, 0.2) is 54.6 Å². The molecular weight excluding hydrogens is 709 g/mol. The van der Waals surface area contributed by atoms with E-state index in [9.17, 15) is 20.4 Å². The molecule has 51 heavy (non-hydrogen) atoms. The molecule has 0 aliphatic heterocycles. The molecule has 3 aromatic rings. The molecule has 12 nitrogen and oxygen atoms in total. The molecule has 282 valence electrons. The zero-order valence-corrected chi connectivity index (χ0v) is 33.3. The van der Waals surface area contributed by atoms with Gasteiger partial charge in [0.1, 0.15) is 34.5 Å². The Kier molecular flexibility index (Phi) is 16.8. The lowest BCUT2D eigenvalue weighted by Crippen LogP contribution is -2.47. The van der Waals surface area contributed by atoms with Gasteiger partial charge in [-0.05, 0) is 133 Å². The van der Waals surface area contributed by atoms with Crippen LogP contribution in [-0.2, 0) is 0 Å². The number of nitrogens with one attached hydrogen (secondary N) is 6. The first-order valence-electron chi connectivity index (χ1n) is 16.1. The van der Waals surface area contributed by atoms with Crippen LogP contribution in [0.5, 0.6) is 34.5 Å². The van der Waals surface area contributed by atoms with Crippen molar-refractivity contribution in [1.82, 2.24) is 16.0 Å². The standard InChI is InChI=1S/C15H24N2O2S.C11H16N2O2S.C10H14N2O2S/c1-14(2,3)9-15(4,5)17-13(20)16-11-7-6-10(18)8-12(11)19;1-11(2,3)13-10(16)12-8-5-4-7(14)6-9(8)15;1-6(2)11-10(15)12-8-4-3-7(13)5-9(8)14/h6-8,18-19H,9H2,1-5H3,(H2,16,17,20);4-6,14-15H,1-3H3,(H2,12,13,16);3-6,13-14H,1-2H3,(H2,11,12,15). The fraction of sp³-hybridized carbons (Fsp3) is 0.417. The number of phenols is 6. The topological polar surface area (TPSA) is 194 Å². The largest absolute Gasteiger partial charge is 0.508 e. The first kappa shape index (κ1) is 44.6. The lowest BCUT2D eigenvalue weighted by Gasteiger charge is -2.34.